The Bertz CT molecular complexity index is 1230. The van der Waals surface area contributed by atoms with E-state index in [1.807, 2.05) is 66.7 Å². The molecule has 0 atom stereocenters. The lowest BCUT2D eigenvalue weighted by molar-refractivity contribution is -0.122. The van der Waals surface area contributed by atoms with Gasteiger partial charge in [-0.3, -0.25) is 9.69 Å². The summed E-state index contributed by atoms with van der Waals surface area (Å²) in [6.45, 7) is 0.334. The average molecular weight is 400 g/mol. The van der Waals surface area contributed by atoms with Crippen molar-refractivity contribution in [3.05, 3.63) is 89.5 Å². The lowest BCUT2D eigenvalue weighted by atomic mass is 10.2. The normalized spacial score (nSPS) is 17.1. The SMILES string of the molecule is O=C1/C(=C/c2ccc3[nH]cnc3c2)S/C(=N\c2ccccc2)N1Cc1ccco1. The summed E-state index contributed by atoms with van der Waals surface area (Å²) in [7, 11) is 0. The first-order valence-corrected chi connectivity index (χ1v) is 9.88. The third-order valence-electron chi connectivity index (χ3n) is 4.51. The molecule has 6 nitrogen and oxygen atoms in total. The summed E-state index contributed by atoms with van der Waals surface area (Å²) < 4.78 is 5.45. The lowest BCUT2D eigenvalue weighted by Crippen LogP contribution is -2.28. The highest BCUT2D eigenvalue weighted by atomic mass is 32.2. The molecule has 1 aliphatic rings. The summed E-state index contributed by atoms with van der Waals surface area (Å²) in [5.74, 6) is 0.613. The minimum atomic E-state index is -0.0943. The fourth-order valence-corrected chi connectivity index (χ4v) is 4.09. The Hall–Kier alpha value is -3.58. The number of para-hydroxylation sites is 1. The molecule has 4 aromatic rings. The molecule has 5 rings (SSSR count). The van der Waals surface area contributed by atoms with Gasteiger partial charge in [-0.05, 0) is 59.8 Å². The molecule has 0 saturated carbocycles. The quantitative estimate of drug-likeness (QED) is 0.491. The lowest BCUT2D eigenvalue weighted by Gasteiger charge is -2.13. The van der Waals surface area contributed by atoms with Crippen molar-refractivity contribution in [3.63, 3.8) is 0 Å². The standard InChI is InChI=1S/C22H16N4O2S/c27-21-20(12-15-8-9-18-19(11-15)24-14-23-18)29-22(25-16-5-2-1-3-6-16)26(21)13-17-7-4-10-28-17/h1-12,14H,13H2,(H,23,24)/b20-12-,25-22-. The zero-order valence-corrected chi connectivity index (χ0v) is 16.1. The van der Waals surface area contributed by atoms with E-state index in [1.54, 1.807) is 17.5 Å². The molecule has 0 spiro atoms. The van der Waals surface area contributed by atoms with Crippen molar-refractivity contribution in [2.75, 3.05) is 0 Å². The number of hydrogen-bond acceptors (Lipinski definition) is 5. The topological polar surface area (TPSA) is 74.5 Å². The minimum absolute atomic E-state index is 0.0943. The number of aliphatic imine (C=N–C) groups is 1. The van der Waals surface area contributed by atoms with Gasteiger partial charge in [-0.15, -0.1) is 0 Å². The van der Waals surface area contributed by atoms with E-state index in [-0.39, 0.29) is 5.91 Å². The number of nitrogens with one attached hydrogen (secondary N) is 1. The number of benzene rings is 2. The number of fused-ring (bicyclic) bond motifs is 1. The van der Waals surface area contributed by atoms with Gasteiger partial charge in [-0.1, -0.05) is 24.3 Å². The number of furan rings is 1. The molecular formula is C22H16N4O2S. The number of thioether (sulfide) groups is 1. The first kappa shape index (κ1) is 17.5. The monoisotopic (exact) mass is 400 g/mol. The highest BCUT2D eigenvalue weighted by Crippen LogP contribution is 2.35. The summed E-state index contributed by atoms with van der Waals surface area (Å²) in [6.07, 6.45) is 5.14. The second kappa shape index (κ2) is 7.44. The second-order valence-electron chi connectivity index (χ2n) is 6.49. The Balaban J connectivity index is 1.51. The molecule has 2 aromatic heterocycles. The Morgan fingerprint density at radius 3 is 2.86 bits per heavy atom. The maximum Gasteiger partial charge on any atom is 0.267 e. The van der Waals surface area contributed by atoms with Gasteiger partial charge in [0.2, 0.25) is 0 Å². The van der Waals surface area contributed by atoms with Crippen LogP contribution in [0.4, 0.5) is 5.69 Å². The van der Waals surface area contributed by atoms with Crippen molar-refractivity contribution in [3.8, 4) is 0 Å². The van der Waals surface area contributed by atoms with Gasteiger partial charge in [0.25, 0.3) is 5.91 Å². The van der Waals surface area contributed by atoms with E-state index in [0.29, 0.717) is 22.4 Å². The molecule has 1 amide bonds. The zero-order valence-electron chi connectivity index (χ0n) is 15.3. The van der Waals surface area contributed by atoms with Gasteiger partial charge >= 0.3 is 0 Å². The fraction of sp³-hybridized carbons (Fsp3) is 0.0455. The van der Waals surface area contributed by atoms with Crippen molar-refractivity contribution in [1.29, 1.82) is 0 Å². The Labute approximate surface area is 171 Å². The molecule has 142 valence electrons. The van der Waals surface area contributed by atoms with Gasteiger partial charge in [0.1, 0.15) is 5.76 Å². The molecule has 0 unspecified atom stereocenters. The van der Waals surface area contributed by atoms with Gasteiger partial charge in [0, 0.05) is 0 Å². The molecule has 7 heteroatoms. The molecule has 2 aromatic carbocycles. The first-order chi connectivity index (χ1) is 14.3. The minimum Gasteiger partial charge on any atom is -0.467 e. The van der Waals surface area contributed by atoms with Crippen molar-refractivity contribution in [2.24, 2.45) is 4.99 Å². The van der Waals surface area contributed by atoms with Crippen molar-refractivity contribution in [2.45, 2.75) is 6.54 Å². The number of nitrogens with zero attached hydrogens (tertiary/aromatic N) is 3. The van der Waals surface area contributed by atoms with E-state index in [9.17, 15) is 4.79 Å². The highest BCUT2D eigenvalue weighted by Gasteiger charge is 2.34. The van der Waals surface area contributed by atoms with Crippen LogP contribution >= 0.6 is 11.8 Å². The molecular weight excluding hydrogens is 384 g/mol. The van der Waals surface area contributed by atoms with E-state index >= 15 is 0 Å². The van der Waals surface area contributed by atoms with Crippen LogP contribution in [0.2, 0.25) is 0 Å². The third kappa shape index (κ3) is 3.60. The molecule has 0 aliphatic carbocycles. The highest BCUT2D eigenvalue weighted by molar-refractivity contribution is 8.18. The maximum absolute atomic E-state index is 13.1. The summed E-state index contributed by atoms with van der Waals surface area (Å²) in [6, 6.07) is 19.2. The van der Waals surface area contributed by atoms with Crippen LogP contribution in [0.25, 0.3) is 17.1 Å². The molecule has 1 fully saturated rings. The Morgan fingerprint density at radius 2 is 2.03 bits per heavy atom. The maximum atomic E-state index is 13.1. The summed E-state index contributed by atoms with van der Waals surface area (Å²) in [5, 5.41) is 0.629. The van der Waals surface area contributed by atoms with Crippen LogP contribution in [0, 0.1) is 0 Å². The molecule has 29 heavy (non-hydrogen) atoms. The fourth-order valence-electron chi connectivity index (χ4n) is 3.09. The summed E-state index contributed by atoms with van der Waals surface area (Å²) in [4.78, 5) is 27.5. The number of rotatable bonds is 4. The number of aromatic nitrogens is 2. The Morgan fingerprint density at radius 1 is 1.14 bits per heavy atom. The van der Waals surface area contributed by atoms with Crippen molar-refractivity contribution >= 4 is 45.6 Å². The van der Waals surface area contributed by atoms with Gasteiger partial charge in [-0.2, -0.15) is 0 Å². The van der Waals surface area contributed by atoms with Gasteiger partial charge in [-0.25, -0.2) is 9.98 Å². The van der Waals surface area contributed by atoms with Crippen LogP contribution in [0.5, 0.6) is 0 Å². The zero-order chi connectivity index (χ0) is 19.6. The number of carbonyl (C=O) groups is 1. The van der Waals surface area contributed by atoms with E-state index in [2.05, 4.69) is 15.0 Å². The summed E-state index contributed by atoms with van der Waals surface area (Å²) in [5.41, 5.74) is 3.54. The van der Waals surface area contributed by atoms with E-state index < -0.39 is 0 Å². The van der Waals surface area contributed by atoms with E-state index in [4.69, 9.17) is 4.42 Å². The number of carbonyl (C=O) groups excluding carboxylic acids is 1. The van der Waals surface area contributed by atoms with Crippen LogP contribution in [0.1, 0.15) is 11.3 Å². The molecule has 1 saturated heterocycles. The van der Waals surface area contributed by atoms with E-state index in [0.717, 1.165) is 22.3 Å². The second-order valence-corrected chi connectivity index (χ2v) is 7.50. The molecule has 1 N–H and O–H groups in total. The number of amides is 1. The van der Waals surface area contributed by atoms with Crippen LogP contribution in [0.3, 0.4) is 0 Å². The van der Waals surface area contributed by atoms with Gasteiger partial charge < -0.3 is 9.40 Å². The smallest absolute Gasteiger partial charge is 0.267 e. The first-order valence-electron chi connectivity index (χ1n) is 9.07. The van der Waals surface area contributed by atoms with Crippen LogP contribution in [0.15, 0.2) is 87.6 Å². The van der Waals surface area contributed by atoms with Crippen LogP contribution in [-0.2, 0) is 11.3 Å². The van der Waals surface area contributed by atoms with Gasteiger partial charge in [0.15, 0.2) is 5.17 Å². The van der Waals surface area contributed by atoms with Crippen LogP contribution < -0.4 is 0 Å². The molecule has 0 bridgehead atoms. The predicted octanol–water partition coefficient (Wildman–Crippen LogP) is 4.96. The number of hydrogen-bond donors (Lipinski definition) is 1. The molecule has 3 heterocycles. The molecule has 0 radical (unpaired) electrons. The van der Waals surface area contributed by atoms with E-state index in [1.165, 1.54) is 11.8 Å². The Kier molecular flexibility index (Phi) is 4.50. The largest absolute Gasteiger partial charge is 0.467 e. The summed E-state index contributed by atoms with van der Waals surface area (Å²) >= 11 is 1.36. The molecule has 1 aliphatic heterocycles. The number of H-pyrrole nitrogens is 1. The number of imidazole rings is 1. The number of amidine groups is 1. The van der Waals surface area contributed by atoms with Gasteiger partial charge in [0.05, 0.1) is 40.8 Å². The van der Waals surface area contributed by atoms with Crippen molar-refractivity contribution in [1.82, 2.24) is 14.9 Å². The van der Waals surface area contributed by atoms with Crippen LogP contribution in [-0.4, -0.2) is 25.9 Å². The predicted molar refractivity (Wildman–Crippen MR) is 114 cm³/mol. The average Bonchev–Trinajstić information content (AvgIpc) is 3.47. The third-order valence-corrected chi connectivity index (χ3v) is 5.51. The number of aromatic amines is 1. The van der Waals surface area contributed by atoms with Crippen molar-refractivity contribution < 1.29 is 9.21 Å².